The molecule has 1 aliphatic carbocycles. The Morgan fingerprint density at radius 2 is 2.13 bits per heavy atom. The van der Waals surface area contributed by atoms with Gasteiger partial charge in [0.1, 0.15) is 0 Å². The maximum absolute atomic E-state index is 4.04. The molecule has 0 aromatic rings. The van der Waals surface area contributed by atoms with Gasteiger partial charge < -0.3 is 4.90 Å². The normalized spacial score (nSPS) is 31.3. The maximum Gasteiger partial charge on any atom is 0.00751 e. The van der Waals surface area contributed by atoms with Gasteiger partial charge in [-0.15, -0.1) is 11.8 Å². The van der Waals surface area contributed by atoms with Crippen LogP contribution in [-0.2, 0) is 0 Å². The summed E-state index contributed by atoms with van der Waals surface area (Å²) in [4.78, 5) is 4.03. The molecule has 2 rings (SSSR count). The first-order chi connectivity index (χ1) is 7.20. The molecule has 1 heterocycles. The number of hydrogen-bond acceptors (Lipinski definition) is 2. The summed E-state index contributed by atoms with van der Waals surface area (Å²) in [7, 11) is 0. The molecule has 2 heteroatoms. The minimum Gasteiger partial charge on any atom is -0.300 e. The van der Waals surface area contributed by atoms with E-state index in [0.29, 0.717) is 0 Å². The highest BCUT2D eigenvalue weighted by Crippen LogP contribution is 2.45. The van der Waals surface area contributed by atoms with E-state index < -0.39 is 0 Å². The van der Waals surface area contributed by atoms with E-state index in [4.69, 9.17) is 0 Å². The fourth-order valence-electron chi connectivity index (χ4n) is 2.45. The Labute approximate surface area is 98.3 Å². The van der Waals surface area contributed by atoms with Crippen molar-refractivity contribution in [2.75, 3.05) is 18.8 Å². The summed E-state index contributed by atoms with van der Waals surface area (Å²) in [5.74, 6) is 3.40. The van der Waals surface area contributed by atoms with Crippen molar-refractivity contribution in [3.05, 3.63) is 11.5 Å². The largest absolute Gasteiger partial charge is 0.300 e. The molecule has 0 aromatic heterocycles. The molecule has 3 atom stereocenters. The molecule has 2 unspecified atom stereocenters. The van der Waals surface area contributed by atoms with Crippen LogP contribution in [0.25, 0.3) is 0 Å². The first kappa shape index (κ1) is 11.5. The van der Waals surface area contributed by atoms with Crippen LogP contribution >= 0.6 is 11.8 Å². The van der Waals surface area contributed by atoms with Crippen molar-refractivity contribution in [2.45, 2.75) is 39.2 Å². The van der Waals surface area contributed by atoms with E-state index in [9.17, 15) is 0 Å². The molecular formula is C13H23NS. The van der Waals surface area contributed by atoms with Crippen LogP contribution in [0.3, 0.4) is 0 Å². The third-order valence-electron chi connectivity index (χ3n) is 3.87. The van der Waals surface area contributed by atoms with Crippen molar-refractivity contribution in [3.8, 4) is 0 Å². The second-order valence-corrected chi connectivity index (χ2v) is 6.36. The van der Waals surface area contributed by atoms with Gasteiger partial charge in [-0.05, 0) is 48.7 Å². The molecule has 0 aromatic carbocycles. The van der Waals surface area contributed by atoms with Gasteiger partial charge in [-0.3, -0.25) is 0 Å². The van der Waals surface area contributed by atoms with Crippen LogP contribution in [0, 0.1) is 11.8 Å². The van der Waals surface area contributed by atoms with E-state index >= 15 is 0 Å². The lowest BCUT2D eigenvalue weighted by atomic mass is 10.2. The number of piperidine rings is 1. The van der Waals surface area contributed by atoms with Crippen LogP contribution in [0.2, 0.25) is 0 Å². The predicted octanol–water partition coefficient (Wildman–Crippen LogP) is 3.37. The number of likely N-dealkylation sites (tertiary alicyclic amines) is 1. The second-order valence-electron chi connectivity index (χ2n) is 5.09. The summed E-state index contributed by atoms with van der Waals surface area (Å²) in [5, 5.41) is 0. The van der Waals surface area contributed by atoms with Gasteiger partial charge >= 0.3 is 0 Å². The number of rotatable bonds is 6. The van der Waals surface area contributed by atoms with Gasteiger partial charge in [0.25, 0.3) is 0 Å². The van der Waals surface area contributed by atoms with Gasteiger partial charge in [-0.25, -0.2) is 0 Å². The maximum atomic E-state index is 4.04. The van der Waals surface area contributed by atoms with E-state index in [1.165, 1.54) is 36.6 Å². The van der Waals surface area contributed by atoms with Crippen LogP contribution in [0.4, 0.5) is 0 Å². The van der Waals surface area contributed by atoms with Crippen molar-refractivity contribution < 1.29 is 0 Å². The summed E-state index contributed by atoms with van der Waals surface area (Å²) >= 11 is 1.95. The van der Waals surface area contributed by atoms with Crippen LogP contribution in [0.1, 0.15) is 33.1 Å². The van der Waals surface area contributed by atoms with Crippen LogP contribution < -0.4 is 0 Å². The molecule has 1 nitrogen and oxygen atoms in total. The number of hydrogen-bond donors (Lipinski definition) is 0. The summed E-state index contributed by atoms with van der Waals surface area (Å²) in [6.45, 7) is 11.4. The van der Waals surface area contributed by atoms with Crippen LogP contribution in [0.5, 0.6) is 0 Å². The van der Waals surface area contributed by atoms with Crippen molar-refractivity contribution in [3.63, 3.8) is 0 Å². The smallest absolute Gasteiger partial charge is 0.00751 e. The van der Waals surface area contributed by atoms with E-state index in [-0.39, 0.29) is 0 Å². The zero-order chi connectivity index (χ0) is 10.8. The Morgan fingerprint density at radius 1 is 1.47 bits per heavy atom. The number of fused-ring (bicyclic) bond motifs is 1. The van der Waals surface area contributed by atoms with Gasteiger partial charge in [0.15, 0.2) is 0 Å². The van der Waals surface area contributed by atoms with Crippen molar-refractivity contribution in [1.29, 1.82) is 0 Å². The lowest BCUT2D eigenvalue weighted by Crippen LogP contribution is -2.32. The minimum atomic E-state index is 0.787. The lowest BCUT2D eigenvalue weighted by molar-refractivity contribution is 0.229. The zero-order valence-electron chi connectivity index (χ0n) is 10.0. The average Bonchev–Trinajstić information content (AvgIpc) is 2.85. The molecule has 0 amide bonds. The lowest BCUT2D eigenvalue weighted by Gasteiger charge is -2.25. The van der Waals surface area contributed by atoms with E-state index in [1.807, 2.05) is 11.8 Å². The van der Waals surface area contributed by atoms with Crippen LogP contribution in [0.15, 0.2) is 11.5 Å². The third kappa shape index (κ3) is 3.01. The van der Waals surface area contributed by atoms with Crippen molar-refractivity contribution >= 4 is 11.8 Å². The zero-order valence-corrected chi connectivity index (χ0v) is 10.9. The number of thioether (sulfide) groups is 1. The standard InChI is InChI=1S/C13H23NS/c1-4-11(3)15-6-5-10(2)14-8-12-7-13(12)9-14/h10,12-13H,3-9H2,1-2H3/t10?,12-,13?/m0/s1. The quantitative estimate of drug-likeness (QED) is 0.682. The third-order valence-corrected chi connectivity index (χ3v) is 5.00. The first-order valence-electron chi connectivity index (χ1n) is 6.25. The molecule has 2 aliphatic rings. The molecule has 0 radical (unpaired) electrons. The molecule has 1 saturated heterocycles. The molecule has 0 spiro atoms. The predicted molar refractivity (Wildman–Crippen MR) is 69.1 cm³/mol. The summed E-state index contributed by atoms with van der Waals surface area (Å²) in [5.41, 5.74) is 0. The molecule has 2 fully saturated rings. The summed E-state index contributed by atoms with van der Waals surface area (Å²) < 4.78 is 0. The molecule has 0 N–H and O–H groups in total. The number of nitrogens with zero attached hydrogens (tertiary/aromatic N) is 1. The Balaban J connectivity index is 1.60. The van der Waals surface area contributed by atoms with Gasteiger partial charge in [0.2, 0.25) is 0 Å². The van der Waals surface area contributed by atoms with E-state index in [1.54, 1.807) is 0 Å². The highest BCUT2D eigenvalue weighted by atomic mass is 32.2. The Kier molecular flexibility index (Phi) is 3.78. The first-order valence-corrected chi connectivity index (χ1v) is 7.24. The topological polar surface area (TPSA) is 3.24 Å². The van der Waals surface area contributed by atoms with Gasteiger partial charge in [-0.1, -0.05) is 13.5 Å². The molecule has 0 bridgehead atoms. The SMILES string of the molecule is C=C(CC)SCCC(C)N1CC2C[C@H]2C1. The van der Waals surface area contributed by atoms with E-state index in [2.05, 4.69) is 25.3 Å². The van der Waals surface area contributed by atoms with Gasteiger partial charge in [-0.2, -0.15) is 0 Å². The van der Waals surface area contributed by atoms with Gasteiger partial charge in [0.05, 0.1) is 0 Å². The van der Waals surface area contributed by atoms with Gasteiger partial charge in [0, 0.05) is 19.1 Å². The summed E-state index contributed by atoms with van der Waals surface area (Å²) in [6, 6.07) is 0.787. The minimum absolute atomic E-state index is 0.787. The Morgan fingerprint density at radius 3 is 2.73 bits per heavy atom. The molecule has 1 aliphatic heterocycles. The fraction of sp³-hybridized carbons (Fsp3) is 0.846. The molecule has 86 valence electrons. The second kappa shape index (κ2) is 4.92. The number of allylic oxidation sites excluding steroid dienone is 1. The van der Waals surface area contributed by atoms with Crippen molar-refractivity contribution in [2.24, 2.45) is 11.8 Å². The van der Waals surface area contributed by atoms with Crippen LogP contribution in [-0.4, -0.2) is 29.8 Å². The van der Waals surface area contributed by atoms with Crippen molar-refractivity contribution in [1.82, 2.24) is 4.90 Å². The Hall–Kier alpha value is 0.0500. The summed E-state index contributed by atoms with van der Waals surface area (Å²) in [6.07, 6.45) is 3.96. The molecular weight excluding hydrogens is 202 g/mol. The highest BCUT2D eigenvalue weighted by molar-refractivity contribution is 8.03. The Bertz CT molecular complexity index is 229. The highest BCUT2D eigenvalue weighted by Gasteiger charge is 2.45. The van der Waals surface area contributed by atoms with E-state index in [0.717, 1.165) is 24.3 Å². The average molecular weight is 225 g/mol. The molecule has 1 saturated carbocycles. The fourth-order valence-corrected chi connectivity index (χ4v) is 3.40. The monoisotopic (exact) mass is 225 g/mol. The molecule has 15 heavy (non-hydrogen) atoms.